The molecule has 0 aliphatic rings. The molecular weight excluding hydrogens is 709 g/mol. The first-order valence-electron chi connectivity index (χ1n) is 19.2. The fraction of sp³-hybridized carbons (Fsp3) is 0. The summed E-state index contributed by atoms with van der Waals surface area (Å²) in [7, 11) is 0. The molecule has 58 heavy (non-hydrogen) atoms. The first-order valence-corrected chi connectivity index (χ1v) is 19.2. The SMILES string of the molecule is N#Cc1ccccc1-c1ccc(-c2cc(-c3cccc4c5ccccc5n(-c5ccccc5)c34)ccn2)cc1-c1cc(-c2ccccc2)cc(-c2ccccc2O)n1. The fourth-order valence-corrected chi connectivity index (χ4v) is 8.11. The molecule has 0 saturated heterocycles. The molecule has 5 nitrogen and oxygen atoms in total. The van der Waals surface area contributed by atoms with Gasteiger partial charge in [-0.25, -0.2) is 4.98 Å². The zero-order chi connectivity index (χ0) is 39.0. The first kappa shape index (κ1) is 34.4. The van der Waals surface area contributed by atoms with Gasteiger partial charge in [-0.3, -0.25) is 4.98 Å². The van der Waals surface area contributed by atoms with Gasteiger partial charge in [-0.05, 0) is 89.0 Å². The number of benzene rings is 7. The van der Waals surface area contributed by atoms with Crippen molar-refractivity contribution in [3.8, 4) is 84.7 Å². The number of aromatic hydroxyl groups is 1. The van der Waals surface area contributed by atoms with Crippen molar-refractivity contribution in [1.29, 1.82) is 5.26 Å². The lowest BCUT2D eigenvalue weighted by Crippen LogP contribution is -1.96. The molecule has 1 N–H and O–H groups in total. The maximum absolute atomic E-state index is 11.0. The van der Waals surface area contributed by atoms with Crippen LogP contribution in [0.15, 0.2) is 200 Å². The molecule has 0 aliphatic heterocycles. The number of aromatic nitrogens is 3. The molecular formula is C53H34N4O. The van der Waals surface area contributed by atoms with Gasteiger partial charge in [0, 0.05) is 50.5 Å². The Bertz CT molecular complexity index is 3200. The topological polar surface area (TPSA) is 74.7 Å². The Morgan fingerprint density at radius 2 is 1.10 bits per heavy atom. The van der Waals surface area contributed by atoms with Crippen LogP contribution in [-0.4, -0.2) is 19.6 Å². The van der Waals surface area contributed by atoms with E-state index >= 15 is 0 Å². The molecule has 7 aromatic carbocycles. The van der Waals surface area contributed by atoms with Crippen molar-refractivity contribution in [2.45, 2.75) is 0 Å². The van der Waals surface area contributed by atoms with E-state index in [2.05, 4.69) is 126 Å². The highest BCUT2D eigenvalue weighted by atomic mass is 16.3. The van der Waals surface area contributed by atoms with Gasteiger partial charge in [-0.2, -0.15) is 5.26 Å². The number of para-hydroxylation sites is 4. The van der Waals surface area contributed by atoms with Crippen molar-refractivity contribution in [3.05, 3.63) is 206 Å². The third-order valence-corrected chi connectivity index (χ3v) is 10.8. The van der Waals surface area contributed by atoms with E-state index in [1.54, 1.807) is 6.07 Å². The normalized spacial score (nSPS) is 11.2. The fourth-order valence-electron chi connectivity index (χ4n) is 8.11. The largest absolute Gasteiger partial charge is 0.507 e. The van der Waals surface area contributed by atoms with E-state index in [0.29, 0.717) is 22.5 Å². The van der Waals surface area contributed by atoms with Crippen LogP contribution in [0.3, 0.4) is 0 Å². The van der Waals surface area contributed by atoms with Gasteiger partial charge < -0.3 is 9.67 Å². The predicted molar refractivity (Wildman–Crippen MR) is 235 cm³/mol. The molecule has 5 heteroatoms. The molecule has 3 heterocycles. The summed E-state index contributed by atoms with van der Waals surface area (Å²) < 4.78 is 2.35. The molecule has 0 amide bonds. The molecule has 3 aromatic heterocycles. The second kappa shape index (κ2) is 14.5. The van der Waals surface area contributed by atoms with Gasteiger partial charge in [0.1, 0.15) is 5.75 Å². The van der Waals surface area contributed by atoms with Crippen LogP contribution >= 0.6 is 0 Å². The lowest BCUT2D eigenvalue weighted by atomic mass is 9.90. The zero-order valence-corrected chi connectivity index (χ0v) is 31.3. The van der Waals surface area contributed by atoms with Gasteiger partial charge in [-0.15, -0.1) is 0 Å². The van der Waals surface area contributed by atoms with Crippen molar-refractivity contribution >= 4 is 21.8 Å². The van der Waals surface area contributed by atoms with Gasteiger partial charge in [0.2, 0.25) is 0 Å². The van der Waals surface area contributed by atoms with Crippen LogP contribution in [0.2, 0.25) is 0 Å². The molecule has 10 aromatic rings. The highest BCUT2D eigenvalue weighted by molar-refractivity contribution is 6.13. The number of pyridine rings is 2. The van der Waals surface area contributed by atoms with Crippen LogP contribution in [0.5, 0.6) is 5.75 Å². The van der Waals surface area contributed by atoms with E-state index in [0.717, 1.165) is 66.9 Å². The molecule has 0 saturated carbocycles. The summed E-state index contributed by atoms with van der Waals surface area (Å²) in [6.07, 6.45) is 1.88. The third-order valence-electron chi connectivity index (χ3n) is 10.8. The Kier molecular flexibility index (Phi) is 8.63. The Labute approximate surface area is 336 Å². The van der Waals surface area contributed by atoms with Crippen molar-refractivity contribution in [2.75, 3.05) is 0 Å². The smallest absolute Gasteiger partial charge is 0.124 e. The van der Waals surface area contributed by atoms with Gasteiger partial charge >= 0.3 is 0 Å². The first-order chi connectivity index (χ1) is 28.6. The average Bonchev–Trinajstić information content (AvgIpc) is 3.64. The quantitative estimate of drug-likeness (QED) is 0.176. The van der Waals surface area contributed by atoms with Crippen LogP contribution in [0.25, 0.3) is 94.6 Å². The summed E-state index contributed by atoms with van der Waals surface area (Å²) >= 11 is 0. The Balaban J connectivity index is 1.19. The number of phenols is 1. The number of hydrogen-bond donors (Lipinski definition) is 1. The van der Waals surface area contributed by atoms with E-state index in [4.69, 9.17) is 9.97 Å². The van der Waals surface area contributed by atoms with Crippen molar-refractivity contribution in [1.82, 2.24) is 14.5 Å². The monoisotopic (exact) mass is 742 g/mol. The third kappa shape index (κ3) is 6.06. The van der Waals surface area contributed by atoms with Crippen molar-refractivity contribution in [2.24, 2.45) is 0 Å². The van der Waals surface area contributed by atoms with Gasteiger partial charge in [-0.1, -0.05) is 127 Å². The number of fused-ring (bicyclic) bond motifs is 3. The minimum Gasteiger partial charge on any atom is -0.507 e. The van der Waals surface area contributed by atoms with Crippen LogP contribution in [0, 0.1) is 11.3 Å². The molecule has 272 valence electrons. The zero-order valence-electron chi connectivity index (χ0n) is 31.3. The summed E-state index contributed by atoms with van der Waals surface area (Å²) in [5, 5.41) is 23.6. The van der Waals surface area contributed by atoms with Gasteiger partial charge in [0.05, 0.1) is 39.7 Å². The second-order valence-electron chi connectivity index (χ2n) is 14.2. The van der Waals surface area contributed by atoms with Crippen LogP contribution in [-0.2, 0) is 0 Å². The molecule has 0 aliphatic carbocycles. The molecule has 0 fully saturated rings. The summed E-state index contributed by atoms with van der Waals surface area (Å²) in [5.41, 5.74) is 14.3. The Morgan fingerprint density at radius 1 is 0.448 bits per heavy atom. The number of nitrogens with zero attached hydrogens (tertiary/aromatic N) is 4. The van der Waals surface area contributed by atoms with Gasteiger partial charge in [0.15, 0.2) is 0 Å². The standard InChI is InChI=1S/C53H34N4O/c54-34-38-16-7-8-19-41(38)43-27-26-37(30-47(43)50-33-39(35-14-3-1-4-15-35)32-49(56-50)46-21-10-12-25-52(46)58)48-31-36(28-29-55-48)42-22-13-23-45-44-20-9-11-24-51(44)57(53(42)45)40-17-5-2-6-18-40/h1-33,58H. The second-order valence-corrected chi connectivity index (χ2v) is 14.2. The maximum atomic E-state index is 11.0. The number of rotatable bonds is 7. The average molecular weight is 743 g/mol. The number of nitriles is 1. The summed E-state index contributed by atoms with van der Waals surface area (Å²) in [4.78, 5) is 10.2. The maximum Gasteiger partial charge on any atom is 0.124 e. The van der Waals surface area contributed by atoms with E-state index < -0.39 is 0 Å². The van der Waals surface area contributed by atoms with Crippen molar-refractivity contribution in [3.63, 3.8) is 0 Å². The van der Waals surface area contributed by atoms with Crippen LogP contribution < -0.4 is 0 Å². The highest BCUT2D eigenvalue weighted by Gasteiger charge is 2.20. The molecule has 0 bridgehead atoms. The lowest BCUT2D eigenvalue weighted by molar-refractivity contribution is 0.477. The van der Waals surface area contributed by atoms with E-state index in [-0.39, 0.29) is 5.75 Å². The Hall–Kier alpha value is -8.07. The van der Waals surface area contributed by atoms with Gasteiger partial charge in [0.25, 0.3) is 0 Å². The lowest BCUT2D eigenvalue weighted by Gasteiger charge is -2.16. The predicted octanol–water partition coefficient (Wildman–Crippen LogP) is 13.2. The van der Waals surface area contributed by atoms with E-state index in [1.807, 2.05) is 79.0 Å². The minimum absolute atomic E-state index is 0.150. The summed E-state index contributed by atoms with van der Waals surface area (Å²) in [6, 6.07) is 67.7. The number of hydrogen-bond acceptors (Lipinski definition) is 4. The van der Waals surface area contributed by atoms with E-state index in [9.17, 15) is 10.4 Å². The van der Waals surface area contributed by atoms with Crippen LogP contribution in [0.1, 0.15) is 5.56 Å². The number of phenolic OH excluding ortho intramolecular Hbond substituents is 1. The summed E-state index contributed by atoms with van der Waals surface area (Å²) in [6.45, 7) is 0. The molecule has 10 rings (SSSR count). The summed E-state index contributed by atoms with van der Waals surface area (Å²) in [5.74, 6) is 0.150. The minimum atomic E-state index is 0.150. The molecule has 0 spiro atoms. The Morgan fingerprint density at radius 3 is 1.91 bits per heavy atom. The molecule has 0 unspecified atom stereocenters. The van der Waals surface area contributed by atoms with E-state index in [1.165, 1.54) is 10.8 Å². The van der Waals surface area contributed by atoms with Crippen molar-refractivity contribution < 1.29 is 5.11 Å². The molecule has 0 atom stereocenters. The molecule has 0 radical (unpaired) electrons. The van der Waals surface area contributed by atoms with Crippen LogP contribution in [0.4, 0.5) is 0 Å². The highest BCUT2D eigenvalue weighted by Crippen LogP contribution is 2.42.